The lowest BCUT2D eigenvalue weighted by atomic mass is 9.66. The van der Waals surface area contributed by atoms with Gasteiger partial charge in [-0.15, -0.1) is 0 Å². The average molecular weight is 740 g/mol. The number of nitrogens with zero attached hydrogens (tertiary/aromatic N) is 3. The minimum Gasteiger partial charge on any atom is -0.457 e. The molecule has 1 aromatic heterocycles. The van der Waals surface area contributed by atoms with E-state index in [0.29, 0.717) is 17.1 Å². The van der Waals surface area contributed by atoms with Gasteiger partial charge in [0.25, 0.3) is 0 Å². The third kappa shape index (κ3) is 5.29. The van der Waals surface area contributed by atoms with Crippen LogP contribution in [0.4, 0.5) is 0 Å². The van der Waals surface area contributed by atoms with Crippen LogP contribution in [-0.2, 0) is 5.41 Å². The van der Waals surface area contributed by atoms with Crippen molar-refractivity contribution in [1.29, 1.82) is 5.26 Å². The first kappa shape index (κ1) is 33.5. The van der Waals surface area contributed by atoms with Crippen LogP contribution in [0.5, 0.6) is 11.5 Å². The fraction of sp³-hybridized carbons (Fsp3) is 0.0185. The van der Waals surface area contributed by atoms with Crippen LogP contribution in [-0.4, -0.2) is 9.97 Å². The maximum Gasteiger partial charge on any atom is 0.160 e. The maximum absolute atomic E-state index is 9.93. The van der Waals surface area contributed by atoms with Gasteiger partial charge in [-0.25, -0.2) is 9.97 Å². The summed E-state index contributed by atoms with van der Waals surface area (Å²) in [4.78, 5) is 10.4. The van der Waals surface area contributed by atoms with Crippen LogP contribution < -0.4 is 4.74 Å². The van der Waals surface area contributed by atoms with E-state index in [1.54, 1.807) is 0 Å². The molecule has 2 aliphatic rings. The molecule has 2 heterocycles. The van der Waals surface area contributed by atoms with Crippen molar-refractivity contribution in [1.82, 2.24) is 9.97 Å². The van der Waals surface area contributed by atoms with E-state index >= 15 is 0 Å². The number of fused-ring (bicyclic) bond motifs is 9. The zero-order valence-corrected chi connectivity index (χ0v) is 31.3. The molecule has 4 heteroatoms. The summed E-state index contributed by atoms with van der Waals surface area (Å²) in [5.41, 5.74) is 15.9. The van der Waals surface area contributed by atoms with E-state index in [-0.39, 0.29) is 0 Å². The van der Waals surface area contributed by atoms with Gasteiger partial charge in [0.05, 0.1) is 28.4 Å². The van der Waals surface area contributed by atoms with Gasteiger partial charge in [-0.2, -0.15) is 5.26 Å². The van der Waals surface area contributed by atoms with Crippen molar-refractivity contribution in [2.45, 2.75) is 5.41 Å². The molecule has 9 aromatic rings. The number of aromatic nitrogens is 2. The SMILES string of the molecule is N#Cc1ccc2c(c1)Oc1cc(-c3cccc(-c4nc(-c5ccccc5)cc(-c5cccc(-c6ccccc6)c5)n4)c3)ccc1C21c2ccccc2-c2ccccc21. The number of rotatable bonds is 5. The first-order valence-corrected chi connectivity index (χ1v) is 19.4. The van der Waals surface area contributed by atoms with Gasteiger partial charge in [0.1, 0.15) is 11.5 Å². The molecule has 0 saturated heterocycles. The normalized spacial score (nSPS) is 12.7. The van der Waals surface area contributed by atoms with Crippen LogP contribution in [0, 0.1) is 11.3 Å². The molecule has 58 heavy (non-hydrogen) atoms. The van der Waals surface area contributed by atoms with Crippen molar-refractivity contribution in [2.75, 3.05) is 0 Å². The highest BCUT2D eigenvalue weighted by molar-refractivity contribution is 5.89. The van der Waals surface area contributed by atoms with Gasteiger partial charge in [0.15, 0.2) is 5.82 Å². The molecule has 0 unspecified atom stereocenters. The number of ether oxygens (including phenoxy) is 1. The molecule has 0 atom stereocenters. The Morgan fingerprint density at radius 1 is 0.379 bits per heavy atom. The molecule has 8 aromatic carbocycles. The third-order valence-corrected chi connectivity index (χ3v) is 11.6. The average Bonchev–Trinajstić information content (AvgIpc) is 3.59. The van der Waals surface area contributed by atoms with E-state index in [2.05, 4.69) is 170 Å². The lowest BCUT2D eigenvalue weighted by Gasteiger charge is -2.39. The predicted molar refractivity (Wildman–Crippen MR) is 231 cm³/mol. The summed E-state index contributed by atoms with van der Waals surface area (Å²) >= 11 is 0. The molecule has 1 aliphatic heterocycles. The number of hydrogen-bond acceptors (Lipinski definition) is 4. The van der Waals surface area contributed by atoms with E-state index in [4.69, 9.17) is 14.7 Å². The van der Waals surface area contributed by atoms with Gasteiger partial charge in [-0.05, 0) is 80.9 Å². The second kappa shape index (κ2) is 13.4. The minimum absolute atomic E-state index is 0.560. The Hall–Kier alpha value is -7.87. The van der Waals surface area contributed by atoms with Crippen LogP contribution in [0.25, 0.3) is 67.3 Å². The Morgan fingerprint density at radius 2 is 0.879 bits per heavy atom. The predicted octanol–water partition coefficient (Wildman–Crippen LogP) is 13.2. The molecule has 11 rings (SSSR count). The highest BCUT2D eigenvalue weighted by Crippen LogP contribution is 2.62. The Bertz CT molecular complexity index is 3060. The molecule has 1 spiro atoms. The first-order valence-electron chi connectivity index (χ1n) is 19.4. The summed E-state index contributed by atoms with van der Waals surface area (Å²) in [6, 6.07) is 71.8. The standard InChI is InChI=1S/C54H33N3O/c55-34-35-25-27-47-51(29-35)58-52-32-40(26-28-48(52)54(47)45-23-9-7-21-43(45)44-22-8-10-24-46(44)54)39-18-12-20-42(31-39)53-56-49(37-15-5-2-6-16-37)33-50(57-53)41-19-11-17-38(30-41)36-13-3-1-4-14-36/h1-33H. The van der Waals surface area contributed by atoms with Gasteiger partial charge in [-0.3, -0.25) is 0 Å². The van der Waals surface area contributed by atoms with Crippen molar-refractivity contribution >= 4 is 0 Å². The molecule has 1 aliphatic carbocycles. The minimum atomic E-state index is -0.607. The van der Waals surface area contributed by atoms with Crippen LogP contribution in [0.3, 0.4) is 0 Å². The fourth-order valence-corrected chi connectivity index (χ4v) is 8.97. The Labute approximate surface area is 337 Å². The van der Waals surface area contributed by atoms with Gasteiger partial charge >= 0.3 is 0 Å². The molecular formula is C54H33N3O. The summed E-state index contributed by atoms with van der Waals surface area (Å²) in [7, 11) is 0. The molecular weight excluding hydrogens is 707 g/mol. The fourth-order valence-electron chi connectivity index (χ4n) is 8.97. The Morgan fingerprint density at radius 3 is 1.57 bits per heavy atom. The number of benzene rings is 8. The molecule has 0 bridgehead atoms. The smallest absolute Gasteiger partial charge is 0.160 e. The van der Waals surface area contributed by atoms with Crippen molar-refractivity contribution in [3.63, 3.8) is 0 Å². The molecule has 0 fully saturated rings. The van der Waals surface area contributed by atoms with Gasteiger partial charge in [0.2, 0.25) is 0 Å². The van der Waals surface area contributed by atoms with Crippen molar-refractivity contribution in [2.24, 2.45) is 0 Å². The molecule has 270 valence electrons. The van der Waals surface area contributed by atoms with Crippen LogP contribution in [0.1, 0.15) is 27.8 Å². The number of nitriles is 1. The van der Waals surface area contributed by atoms with Gasteiger partial charge < -0.3 is 4.74 Å². The summed E-state index contributed by atoms with van der Waals surface area (Å²) in [6.07, 6.45) is 0. The second-order valence-electron chi connectivity index (χ2n) is 14.8. The Kier molecular flexibility index (Phi) is 7.74. The van der Waals surface area contributed by atoms with Gasteiger partial charge in [0, 0.05) is 27.8 Å². The van der Waals surface area contributed by atoms with Crippen molar-refractivity contribution < 1.29 is 4.74 Å². The molecule has 0 saturated carbocycles. The van der Waals surface area contributed by atoms with Crippen molar-refractivity contribution in [3.8, 4) is 84.9 Å². The molecule has 0 radical (unpaired) electrons. The van der Waals surface area contributed by atoms with Crippen LogP contribution >= 0.6 is 0 Å². The molecule has 0 N–H and O–H groups in total. The largest absolute Gasteiger partial charge is 0.457 e. The van der Waals surface area contributed by atoms with Crippen LogP contribution in [0.15, 0.2) is 200 Å². The zero-order chi connectivity index (χ0) is 38.6. The second-order valence-corrected chi connectivity index (χ2v) is 14.8. The third-order valence-electron chi connectivity index (χ3n) is 11.6. The summed E-state index contributed by atoms with van der Waals surface area (Å²) in [5, 5.41) is 9.93. The monoisotopic (exact) mass is 739 g/mol. The molecule has 0 amide bonds. The van der Waals surface area contributed by atoms with E-state index in [1.165, 1.54) is 22.3 Å². The summed E-state index contributed by atoms with van der Waals surface area (Å²) in [5.74, 6) is 2.10. The zero-order valence-electron chi connectivity index (χ0n) is 31.3. The summed E-state index contributed by atoms with van der Waals surface area (Å²) < 4.78 is 6.81. The van der Waals surface area contributed by atoms with E-state index < -0.39 is 5.41 Å². The summed E-state index contributed by atoms with van der Waals surface area (Å²) in [6.45, 7) is 0. The van der Waals surface area contributed by atoms with E-state index in [9.17, 15) is 5.26 Å². The first-order chi connectivity index (χ1) is 28.7. The number of hydrogen-bond donors (Lipinski definition) is 0. The highest BCUT2D eigenvalue weighted by Gasteiger charge is 2.51. The van der Waals surface area contributed by atoms with E-state index in [0.717, 1.165) is 67.2 Å². The molecule has 4 nitrogen and oxygen atoms in total. The maximum atomic E-state index is 9.93. The Balaban J connectivity index is 1.05. The van der Waals surface area contributed by atoms with Gasteiger partial charge in [-0.1, -0.05) is 164 Å². The lowest BCUT2D eigenvalue weighted by molar-refractivity contribution is 0.436. The highest BCUT2D eigenvalue weighted by atomic mass is 16.5. The van der Waals surface area contributed by atoms with E-state index in [1.807, 2.05) is 36.4 Å². The quantitative estimate of drug-likeness (QED) is 0.176. The van der Waals surface area contributed by atoms with Crippen LogP contribution in [0.2, 0.25) is 0 Å². The van der Waals surface area contributed by atoms with Crippen molar-refractivity contribution in [3.05, 3.63) is 228 Å². The topological polar surface area (TPSA) is 58.8 Å². The lowest BCUT2D eigenvalue weighted by Crippen LogP contribution is -2.32.